The van der Waals surface area contributed by atoms with Crippen molar-refractivity contribution in [1.82, 2.24) is 0 Å². The molecule has 54 valence electrons. The van der Waals surface area contributed by atoms with Crippen LogP contribution in [0.5, 0.6) is 0 Å². The van der Waals surface area contributed by atoms with Gasteiger partial charge in [0.2, 0.25) is 0 Å². The summed E-state index contributed by atoms with van der Waals surface area (Å²) in [4.78, 5) is 0. The number of benzene rings is 1. The fraction of sp³-hybridized carbons (Fsp3) is 0. The Morgan fingerprint density at radius 3 is 1.70 bits per heavy atom. The molecule has 0 aliphatic heterocycles. The van der Waals surface area contributed by atoms with Crippen LogP contribution in [0.3, 0.4) is 0 Å². The first kappa shape index (κ1) is 7.98. The average Bonchev–Trinajstić information content (AvgIpc) is 1.88. The average molecular weight is 313 g/mol. The van der Waals surface area contributed by atoms with Gasteiger partial charge in [-0.1, -0.05) is 0 Å². The molecular weight excluding hydrogens is 308 g/mol. The fourth-order valence-corrected chi connectivity index (χ4v) is 2.68. The van der Waals surface area contributed by atoms with Crippen molar-refractivity contribution in [2.75, 3.05) is 0 Å². The van der Waals surface area contributed by atoms with Gasteiger partial charge in [-0.15, -0.1) is 0 Å². The molecule has 0 aromatic heterocycles. The van der Waals surface area contributed by atoms with E-state index in [0.29, 0.717) is 0 Å². The molecule has 4 heteroatoms. The van der Waals surface area contributed by atoms with Crippen LogP contribution in [0.25, 0.3) is 0 Å². The molecule has 0 saturated carbocycles. The second kappa shape index (κ2) is 2.86. The van der Waals surface area contributed by atoms with Gasteiger partial charge in [0, 0.05) is 0 Å². The zero-order valence-corrected chi connectivity index (χ0v) is 8.61. The maximum absolute atomic E-state index is 12.0. The van der Waals surface area contributed by atoms with Crippen molar-refractivity contribution in [3.8, 4) is 0 Å². The van der Waals surface area contributed by atoms with E-state index in [2.05, 4.69) is 0 Å². The first-order valence-corrected chi connectivity index (χ1v) is 8.60. The SMILES string of the molecule is [F][Hf]([F])([F])[c]1ccccc1. The first-order valence-electron chi connectivity index (χ1n) is 2.73. The molecule has 0 aliphatic carbocycles. The van der Waals surface area contributed by atoms with Crippen LogP contribution in [0, 0.1) is 0 Å². The van der Waals surface area contributed by atoms with Crippen LogP contribution in [0.4, 0.5) is 7.99 Å². The van der Waals surface area contributed by atoms with Crippen molar-refractivity contribution in [2.45, 2.75) is 0 Å². The third-order valence-electron chi connectivity index (χ3n) is 1.10. The van der Waals surface area contributed by atoms with Crippen molar-refractivity contribution in [2.24, 2.45) is 0 Å². The zero-order valence-electron chi connectivity index (χ0n) is 5.02. The van der Waals surface area contributed by atoms with Crippen LogP contribution in [-0.2, 0) is 21.8 Å². The van der Waals surface area contributed by atoms with E-state index in [0.717, 1.165) is 12.1 Å². The Morgan fingerprint density at radius 1 is 0.900 bits per heavy atom. The van der Waals surface area contributed by atoms with Gasteiger partial charge in [-0.25, -0.2) is 0 Å². The molecule has 0 fully saturated rings. The summed E-state index contributed by atoms with van der Waals surface area (Å²) >= 11 is -6.33. The van der Waals surface area contributed by atoms with E-state index in [4.69, 9.17) is 0 Å². The molecule has 0 spiro atoms. The van der Waals surface area contributed by atoms with Crippen molar-refractivity contribution in [3.63, 3.8) is 0 Å². The van der Waals surface area contributed by atoms with Gasteiger partial charge in [-0.3, -0.25) is 0 Å². The molecule has 0 unspecified atom stereocenters. The molecule has 10 heavy (non-hydrogen) atoms. The minimum atomic E-state index is -6.33. The Hall–Kier alpha value is -0.120. The van der Waals surface area contributed by atoms with E-state index < -0.39 is 21.8 Å². The summed E-state index contributed by atoms with van der Waals surface area (Å²) in [6, 6.07) is 6.71. The molecule has 0 nitrogen and oxygen atoms in total. The van der Waals surface area contributed by atoms with Gasteiger partial charge in [-0.2, -0.15) is 0 Å². The summed E-state index contributed by atoms with van der Waals surface area (Å²) in [5.74, 6) is 0. The Morgan fingerprint density at radius 2 is 1.40 bits per heavy atom. The van der Waals surface area contributed by atoms with E-state index in [1.165, 1.54) is 12.1 Å². The molecular formula is C6H5F3Hf. The van der Waals surface area contributed by atoms with Crippen molar-refractivity contribution in [3.05, 3.63) is 30.3 Å². The van der Waals surface area contributed by atoms with Crippen LogP contribution in [0.15, 0.2) is 30.3 Å². The van der Waals surface area contributed by atoms with Gasteiger partial charge >= 0.3 is 63.4 Å². The summed E-state index contributed by atoms with van der Waals surface area (Å²) in [5, 5.41) is 0. The number of rotatable bonds is 1. The monoisotopic (exact) mass is 314 g/mol. The Kier molecular flexibility index (Phi) is 2.28. The van der Waals surface area contributed by atoms with Crippen molar-refractivity contribution >= 4 is 3.32 Å². The fourth-order valence-electron chi connectivity index (χ4n) is 0.627. The summed E-state index contributed by atoms with van der Waals surface area (Å²) < 4.78 is 35.7. The molecule has 0 aliphatic rings. The second-order valence-electron chi connectivity index (χ2n) is 1.86. The Labute approximate surface area is 63.6 Å². The van der Waals surface area contributed by atoms with Crippen LogP contribution < -0.4 is 3.32 Å². The third-order valence-corrected chi connectivity index (χ3v) is 4.65. The standard InChI is InChI=1S/C6H5.3FH.Hf/c1-2-4-6-5-3-1;;;;/h1-5H;3*1H;/q;;;;+3/p-3. The third kappa shape index (κ3) is 1.94. The van der Waals surface area contributed by atoms with E-state index >= 15 is 0 Å². The minimum absolute atomic E-state index is 0.380. The molecule has 0 bridgehead atoms. The Balaban J connectivity index is 2.97. The molecule has 0 atom stereocenters. The quantitative estimate of drug-likeness (QED) is 0.697. The molecule has 0 N–H and O–H groups in total. The molecule has 0 amide bonds. The van der Waals surface area contributed by atoms with E-state index in [9.17, 15) is 7.99 Å². The van der Waals surface area contributed by atoms with E-state index in [1.807, 2.05) is 0 Å². The van der Waals surface area contributed by atoms with Gasteiger partial charge in [-0.05, 0) is 0 Å². The van der Waals surface area contributed by atoms with Gasteiger partial charge in [0.1, 0.15) is 0 Å². The molecule has 0 heterocycles. The van der Waals surface area contributed by atoms with Crippen LogP contribution >= 0.6 is 0 Å². The van der Waals surface area contributed by atoms with Crippen LogP contribution in [0.2, 0.25) is 0 Å². The van der Waals surface area contributed by atoms with Crippen molar-refractivity contribution < 1.29 is 29.8 Å². The second-order valence-corrected chi connectivity index (χ2v) is 7.51. The molecule has 1 aromatic carbocycles. The van der Waals surface area contributed by atoms with E-state index in [1.54, 1.807) is 6.07 Å². The predicted octanol–water partition coefficient (Wildman–Crippen LogP) is 2.12. The number of hydrogen-bond acceptors (Lipinski definition) is 0. The normalized spacial score (nSPS) is 11.5. The topological polar surface area (TPSA) is 0 Å². The summed E-state index contributed by atoms with van der Waals surface area (Å²) in [7, 11) is 0. The van der Waals surface area contributed by atoms with E-state index in [-0.39, 0.29) is 3.32 Å². The molecule has 0 radical (unpaired) electrons. The van der Waals surface area contributed by atoms with Gasteiger partial charge in [0.25, 0.3) is 0 Å². The molecule has 1 rings (SSSR count). The van der Waals surface area contributed by atoms with Crippen molar-refractivity contribution in [1.29, 1.82) is 0 Å². The predicted molar refractivity (Wildman–Crippen MR) is 29.4 cm³/mol. The first-order chi connectivity index (χ1) is 4.61. The summed E-state index contributed by atoms with van der Waals surface area (Å²) in [5.41, 5.74) is 0. The number of hydrogen-bond donors (Lipinski definition) is 0. The van der Waals surface area contributed by atoms with Crippen LogP contribution in [0.1, 0.15) is 0 Å². The molecule has 0 saturated heterocycles. The molecule has 1 aromatic rings. The van der Waals surface area contributed by atoms with Gasteiger partial charge in [0.15, 0.2) is 0 Å². The van der Waals surface area contributed by atoms with Gasteiger partial charge < -0.3 is 0 Å². The maximum atomic E-state index is 12.0. The van der Waals surface area contributed by atoms with Gasteiger partial charge in [0.05, 0.1) is 0 Å². The van der Waals surface area contributed by atoms with Crippen LogP contribution in [-0.4, -0.2) is 0 Å². The summed E-state index contributed by atoms with van der Waals surface area (Å²) in [6.45, 7) is 0. The zero-order chi connectivity index (χ0) is 7.61. The number of halogens is 3. The summed E-state index contributed by atoms with van der Waals surface area (Å²) in [6.07, 6.45) is 0. The Bertz CT molecular complexity index is 204.